The normalized spacial score (nSPS) is 28.4. The predicted octanol–water partition coefficient (Wildman–Crippen LogP) is 8.81. The number of hydrogen-bond donors (Lipinski definition) is 7. The van der Waals surface area contributed by atoms with Crippen molar-refractivity contribution in [3.05, 3.63) is 139 Å². The lowest BCUT2D eigenvalue weighted by Crippen LogP contribution is -2.58. The summed E-state index contributed by atoms with van der Waals surface area (Å²) in [5.41, 5.74) is 2.53. The quantitative estimate of drug-likeness (QED) is 0.0501. The number of carbonyl (C=O) groups is 6. The molecule has 8 aliphatic rings. The Balaban J connectivity index is 0.000000167. The van der Waals surface area contributed by atoms with Gasteiger partial charge in [-0.3, -0.25) is 42.8 Å². The molecule has 6 amide bonds. The minimum absolute atomic E-state index is 0.0130. The molecule has 101 heavy (non-hydrogen) atoms. The minimum Gasteiger partial charge on any atom is -0.459 e. The number of benzene rings is 4. The van der Waals surface area contributed by atoms with Crippen LogP contribution in [0, 0.1) is 11.8 Å². The molecule has 0 bridgehead atoms. The zero-order chi connectivity index (χ0) is 71.5. The number of aliphatic hydroxyl groups is 1. The van der Waals surface area contributed by atoms with Crippen LogP contribution in [0.2, 0.25) is 5.28 Å². The summed E-state index contributed by atoms with van der Waals surface area (Å²) in [5.74, 6) is -3.78. The lowest BCUT2D eigenvalue weighted by atomic mass is 10.0. The van der Waals surface area contributed by atoms with E-state index in [-0.39, 0.29) is 62.4 Å². The number of anilines is 2. The molecule has 7 N–H and O–H groups in total. The van der Waals surface area contributed by atoms with Crippen molar-refractivity contribution in [1.82, 2.24) is 49.0 Å². The summed E-state index contributed by atoms with van der Waals surface area (Å²) in [6.45, 7) is 8.92. The molecule has 4 aliphatic carbocycles. The van der Waals surface area contributed by atoms with Gasteiger partial charge in [-0.25, -0.2) is 21.8 Å². The molecule has 6 heterocycles. The molecule has 0 radical (unpaired) electrons. The highest BCUT2D eigenvalue weighted by Gasteiger charge is 2.65. The maximum Gasteiger partial charge on any atom is 0.297 e. The number of para-hydroxylation sites is 6. The first-order chi connectivity index (χ1) is 48.4. The SMILES string of the molecule is CC1(S(=O)(=O)NC(=O)[C@@]23C[C@H]2/C=C\CCCCC[C@H](Nc2ccccc2)C(=O)N2C[C@H](O)C[C@H]2C(=O)N3)CC1.CCn1c(Cl)nc2ccccc21.CCn1c(O[C@@H]2C[C@H]3C(=O)N[C@]4(C(=O)NS(=O)(=O)C5(C)CC5)C[C@H]4/C=C\CCCCC[C@H](Nc4ccccc4)C(=O)N3C2)nc2ccccc21. The second-order valence-electron chi connectivity index (χ2n) is 28.7. The number of sulfonamides is 2. The third-order valence-electron chi connectivity index (χ3n) is 21.3. The van der Waals surface area contributed by atoms with Crippen LogP contribution in [0.1, 0.15) is 143 Å². The Morgan fingerprint density at radius 1 is 0.584 bits per heavy atom. The minimum atomic E-state index is -3.93. The van der Waals surface area contributed by atoms with E-state index in [1.807, 2.05) is 150 Å². The summed E-state index contributed by atoms with van der Waals surface area (Å²) < 4.78 is 64.8. The van der Waals surface area contributed by atoms with Crippen LogP contribution in [0.5, 0.6) is 6.01 Å². The average Bonchev–Trinajstić information content (AvgIpc) is 1.57. The van der Waals surface area contributed by atoms with Gasteiger partial charge in [-0.2, -0.15) is 4.98 Å². The number of nitrogens with one attached hydrogen (secondary N) is 6. The molecule has 540 valence electrons. The molecule has 4 saturated carbocycles. The van der Waals surface area contributed by atoms with Crippen molar-refractivity contribution in [2.75, 3.05) is 23.7 Å². The number of halogens is 1. The first kappa shape index (κ1) is 72.5. The number of ether oxygens (including phenoxy) is 1. The number of fused-ring (bicyclic) bond motifs is 6. The maximum absolute atomic E-state index is 14.5. The van der Waals surface area contributed by atoms with Gasteiger partial charge in [-0.15, -0.1) is 0 Å². The molecule has 27 heteroatoms. The van der Waals surface area contributed by atoms with E-state index in [4.69, 9.17) is 21.3 Å². The van der Waals surface area contributed by atoms with Crippen molar-refractivity contribution >= 4 is 101 Å². The Kier molecular flexibility index (Phi) is 21.5. The summed E-state index contributed by atoms with van der Waals surface area (Å²) >= 11 is 5.92. The van der Waals surface area contributed by atoms with Gasteiger partial charge < -0.3 is 45.5 Å². The predicted molar refractivity (Wildman–Crippen MR) is 386 cm³/mol. The smallest absolute Gasteiger partial charge is 0.297 e. The van der Waals surface area contributed by atoms with Crippen molar-refractivity contribution in [2.45, 2.75) is 213 Å². The second kappa shape index (κ2) is 29.9. The van der Waals surface area contributed by atoms with Crippen LogP contribution in [-0.4, -0.2) is 156 Å². The van der Waals surface area contributed by atoms with Crippen LogP contribution in [0.25, 0.3) is 22.1 Å². The maximum atomic E-state index is 14.5. The number of rotatable bonds is 14. The Bertz CT molecular complexity index is 4350. The summed E-state index contributed by atoms with van der Waals surface area (Å²) in [6, 6.07) is 32.0. The monoisotopic (exact) mass is 1440 g/mol. The summed E-state index contributed by atoms with van der Waals surface area (Å²) in [5, 5.41) is 23.5. The van der Waals surface area contributed by atoms with Crippen LogP contribution in [0.4, 0.5) is 11.4 Å². The molecular weight excluding hydrogens is 1350 g/mol. The molecule has 2 saturated heterocycles. The van der Waals surface area contributed by atoms with E-state index in [1.54, 1.807) is 18.7 Å². The van der Waals surface area contributed by atoms with Crippen molar-refractivity contribution in [3.8, 4) is 6.01 Å². The van der Waals surface area contributed by atoms with E-state index < -0.39 is 101 Å². The van der Waals surface area contributed by atoms with Crippen molar-refractivity contribution in [1.29, 1.82) is 0 Å². The number of imidazole rings is 2. The average molecular weight is 1440 g/mol. The Morgan fingerprint density at radius 2 is 1.02 bits per heavy atom. The van der Waals surface area contributed by atoms with Gasteiger partial charge in [0.05, 0.1) is 44.2 Å². The lowest BCUT2D eigenvalue weighted by molar-refractivity contribution is -0.140. The number of aliphatic hydroxyl groups excluding tert-OH is 1. The molecule has 4 aliphatic heterocycles. The molecule has 0 unspecified atom stereocenters. The fourth-order valence-electron chi connectivity index (χ4n) is 14.2. The van der Waals surface area contributed by atoms with Gasteiger partial charge in [-0.05, 0) is 165 Å². The van der Waals surface area contributed by atoms with E-state index in [9.17, 15) is 50.7 Å². The fraction of sp³-hybridized carbons (Fsp3) is 0.514. The van der Waals surface area contributed by atoms with Gasteiger partial charge >= 0.3 is 0 Å². The number of aryl methyl sites for hydroxylation is 2. The van der Waals surface area contributed by atoms with E-state index in [0.717, 1.165) is 91.4 Å². The summed E-state index contributed by atoms with van der Waals surface area (Å²) in [7, 11) is -7.82. The highest BCUT2D eigenvalue weighted by atomic mass is 35.5. The second-order valence-corrected chi connectivity index (χ2v) is 33.4. The zero-order valence-electron chi connectivity index (χ0n) is 57.7. The summed E-state index contributed by atoms with van der Waals surface area (Å²) in [6.07, 6.45) is 17.0. The number of hydrogen-bond acceptors (Lipinski definition) is 16. The number of aromatic nitrogens is 4. The standard InChI is InChI=1S/C37H46N6O6S.C28H38N4O6S.C9H9ClN2/c1-3-42-30-19-13-12-17-28(30)39-35(42)49-27-22-31-32(44)40-37(34(46)41-50(47,48)36(2)20-21-36)23-25(37)14-8-5-4-6-11-18-29(33(45)43(31)24-27)38-26-15-9-7-10-16-26;1-27(14-15-27)39(37,38)31-26(36)28-17-19(28)10-6-3-2-4-9-13-22(29-20-11-7-5-8-12-20)25(35)32-18-21(33)16-23(32)24(34)30-28;1-2-12-8-6-4-3-5-7(8)11-9(12)10/h7-10,12-17,19,25,27,29,31,38H,3-6,11,18,20-24H2,1-2H3,(H,40,44)(H,41,46);5-8,10-12,19,21-23,29,33H,2-4,9,13-18H2,1H3,(H,30,34)(H,31,36);3-6H,2H2,1H3/b14-8-;10-6-;/t25-,27-,29+,31+,37-;19-,21-,22+,23+,28-;/m11./s1. The molecule has 2 aromatic heterocycles. The topological polar surface area (TPSA) is 314 Å². The lowest BCUT2D eigenvalue weighted by Gasteiger charge is -2.30. The van der Waals surface area contributed by atoms with Crippen molar-refractivity contribution in [2.24, 2.45) is 11.8 Å². The largest absolute Gasteiger partial charge is 0.459 e. The summed E-state index contributed by atoms with van der Waals surface area (Å²) in [4.78, 5) is 95.4. The van der Waals surface area contributed by atoms with Crippen LogP contribution in [-0.2, 0) is 61.9 Å². The van der Waals surface area contributed by atoms with E-state index in [1.165, 1.54) is 4.90 Å². The molecule has 24 nitrogen and oxygen atoms in total. The van der Waals surface area contributed by atoms with Gasteiger partial charge in [0, 0.05) is 55.7 Å². The van der Waals surface area contributed by atoms with E-state index >= 15 is 0 Å². The third kappa shape index (κ3) is 15.8. The van der Waals surface area contributed by atoms with Crippen LogP contribution < -0.4 is 35.4 Å². The van der Waals surface area contributed by atoms with E-state index in [2.05, 4.69) is 42.6 Å². The molecule has 4 aromatic carbocycles. The number of carbonyl (C=O) groups excluding carboxylic acids is 6. The van der Waals surface area contributed by atoms with Gasteiger partial charge in [-0.1, -0.05) is 111 Å². The molecule has 6 fully saturated rings. The number of nitrogens with zero attached hydrogens (tertiary/aromatic N) is 6. The molecule has 0 spiro atoms. The van der Waals surface area contributed by atoms with Gasteiger partial charge in [0.15, 0.2) is 0 Å². The number of amides is 6. The van der Waals surface area contributed by atoms with Gasteiger partial charge in [0.2, 0.25) is 49.0 Å². The van der Waals surface area contributed by atoms with Crippen LogP contribution >= 0.6 is 11.6 Å². The fourth-order valence-corrected chi connectivity index (χ4v) is 17.2. The molecular formula is C74H93ClN12O12S2. The molecule has 10 atom stereocenters. The number of allylic oxidation sites excluding steroid dienone is 2. The highest BCUT2D eigenvalue weighted by Crippen LogP contribution is 2.49. The third-order valence-corrected chi connectivity index (χ3v) is 25.9. The zero-order valence-corrected chi connectivity index (χ0v) is 60.1. The van der Waals surface area contributed by atoms with E-state index in [0.29, 0.717) is 56.4 Å². The van der Waals surface area contributed by atoms with Crippen molar-refractivity contribution in [3.63, 3.8) is 0 Å². The van der Waals surface area contributed by atoms with Gasteiger partial charge in [0.25, 0.3) is 17.8 Å². The Labute approximate surface area is 595 Å². The van der Waals surface area contributed by atoms with Crippen LogP contribution in [0.3, 0.4) is 0 Å². The Morgan fingerprint density at radius 3 is 1.50 bits per heavy atom. The first-order valence-corrected chi connectivity index (χ1v) is 39.0. The molecule has 6 aromatic rings. The molecule has 14 rings (SSSR count). The highest BCUT2D eigenvalue weighted by molar-refractivity contribution is 7.92. The van der Waals surface area contributed by atoms with Crippen LogP contribution in [0.15, 0.2) is 133 Å². The van der Waals surface area contributed by atoms with Gasteiger partial charge in [0.1, 0.15) is 41.3 Å². The Hall–Kier alpha value is -8.33. The first-order valence-electron chi connectivity index (χ1n) is 35.7. The van der Waals surface area contributed by atoms with Crippen molar-refractivity contribution < 1.29 is 55.4 Å².